The molecule has 0 atom stereocenters. The van der Waals surface area contributed by atoms with E-state index in [9.17, 15) is 0 Å². The van der Waals surface area contributed by atoms with Crippen LogP contribution in [0.15, 0.2) is 22.9 Å². The number of nitrogens with two attached hydrogens (primary N) is 1. The van der Waals surface area contributed by atoms with E-state index in [-0.39, 0.29) is 5.54 Å². The van der Waals surface area contributed by atoms with Crippen molar-refractivity contribution >= 4 is 15.9 Å². The first-order chi connectivity index (χ1) is 9.11. The highest BCUT2D eigenvalue weighted by Crippen LogP contribution is 2.35. The molecule has 19 heavy (non-hydrogen) atoms. The molecule has 1 aromatic rings. The lowest BCUT2D eigenvalue weighted by molar-refractivity contribution is 0.221. The van der Waals surface area contributed by atoms with Crippen LogP contribution in [0.5, 0.6) is 0 Å². The van der Waals surface area contributed by atoms with Crippen LogP contribution >= 0.6 is 15.9 Å². The van der Waals surface area contributed by atoms with E-state index in [0.717, 1.165) is 29.7 Å². The number of halogens is 1. The van der Waals surface area contributed by atoms with E-state index in [1.54, 1.807) is 0 Å². The largest absolute Gasteiger partial charge is 0.325 e. The van der Waals surface area contributed by atoms with Gasteiger partial charge in [0.05, 0.1) is 0 Å². The zero-order chi connectivity index (χ0) is 13.7. The van der Waals surface area contributed by atoms with Crippen molar-refractivity contribution in [3.8, 4) is 0 Å². The van der Waals surface area contributed by atoms with Gasteiger partial charge in [-0.05, 0) is 65.6 Å². The zero-order valence-electron chi connectivity index (χ0n) is 11.9. The number of hydrogen-bond acceptors (Lipinski definition) is 2. The smallest absolute Gasteiger partial charge is 0.0410 e. The predicted octanol–water partition coefficient (Wildman–Crippen LogP) is 4.46. The van der Waals surface area contributed by atoms with Gasteiger partial charge in [0.15, 0.2) is 0 Å². The van der Waals surface area contributed by atoms with Gasteiger partial charge < -0.3 is 5.73 Å². The van der Waals surface area contributed by atoms with E-state index >= 15 is 0 Å². The van der Waals surface area contributed by atoms with Crippen LogP contribution in [0, 0.1) is 5.92 Å². The Kier molecular flexibility index (Phi) is 5.40. The Bertz CT molecular complexity index is 397. The van der Waals surface area contributed by atoms with Crippen LogP contribution in [0.1, 0.15) is 57.4 Å². The van der Waals surface area contributed by atoms with Crippen molar-refractivity contribution in [1.29, 1.82) is 0 Å². The van der Waals surface area contributed by atoms with Crippen molar-refractivity contribution in [1.82, 2.24) is 4.98 Å². The molecule has 1 aliphatic rings. The molecule has 0 amide bonds. The van der Waals surface area contributed by atoms with Crippen molar-refractivity contribution < 1.29 is 0 Å². The van der Waals surface area contributed by atoms with Crippen molar-refractivity contribution in [2.45, 2.75) is 63.8 Å². The molecule has 1 aliphatic carbocycles. The Morgan fingerprint density at radius 2 is 2.11 bits per heavy atom. The first kappa shape index (κ1) is 15.0. The summed E-state index contributed by atoms with van der Waals surface area (Å²) in [5.74, 6) is 0.914. The molecule has 0 unspecified atom stereocenters. The number of nitrogens with zero attached hydrogens (tertiary/aromatic N) is 1. The fraction of sp³-hybridized carbons (Fsp3) is 0.688. The molecule has 1 heterocycles. The third-order valence-corrected chi connectivity index (χ3v) is 4.82. The quantitative estimate of drug-likeness (QED) is 0.868. The molecule has 0 aromatic carbocycles. The Balaban J connectivity index is 1.87. The van der Waals surface area contributed by atoms with Crippen LogP contribution in [-0.2, 0) is 6.42 Å². The van der Waals surface area contributed by atoms with E-state index in [2.05, 4.69) is 33.9 Å². The van der Waals surface area contributed by atoms with Crippen LogP contribution in [0.2, 0.25) is 0 Å². The van der Waals surface area contributed by atoms with Crippen LogP contribution in [0.25, 0.3) is 0 Å². The van der Waals surface area contributed by atoms with E-state index in [1.807, 2.05) is 12.4 Å². The summed E-state index contributed by atoms with van der Waals surface area (Å²) in [6, 6.07) is 2.14. The highest BCUT2D eigenvalue weighted by molar-refractivity contribution is 9.10. The average molecular weight is 325 g/mol. The van der Waals surface area contributed by atoms with Gasteiger partial charge in [-0.2, -0.15) is 0 Å². The summed E-state index contributed by atoms with van der Waals surface area (Å²) < 4.78 is 1.05. The van der Waals surface area contributed by atoms with Crippen LogP contribution in [0.3, 0.4) is 0 Å². The Labute approximate surface area is 125 Å². The Hall–Kier alpha value is -0.410. The van der Waals surface area contributed by atoms with Crippen LogP contribution in [-0.4, -0.2) is 10.5 Å². The standard InChI is InChI=1S/C16H25BrN2/c1-2-3-4-13-5-7-16(18,8-6-13)10-14-9-15(17)12-19-11-14/h9,11-13H,2-8,10,18H2,1H3. The summed E-state index contributed by atoms with van der Waals surface area (Å²) in [5.41, 5.74) is 7.83. The second kappa shape index (κ2) is 6.85. The van der Waals surface area contributed by atoms with E-state index in [0.29, 0.717) is 0 Å². The summed E-state index contributed by atoms with van der Waals surface area (Å²) >= 11 is 3.48. The van der Waals surface area contributed by atoms with Crippen molar-refractivity contribution in [3.63, 3.8) is 0 Å². The average Bonchev–Trinajstić information content (AvgIpc) is 2.38. The van der Waals surface area contributed by atoms with Gasteiger partial charge >= 0.3 is 0 Å². The number of pyridine rings is 1. The third-order valence-electron chi connectivity index (χ3n) is 4.38. The minimum Gasteiger partial charge on any atom is -0.325 e. The number of hydrogen-bond donors (Lipinski definition) is 1. The van der Waals surface area contributed by atoms with E-state index in [4.69, 9.17) is 5.73 Å². The molecule has 3 heteroatoms. The minimum atomic E-state index is -0.00874. The third kappa shape index (κ3) is 4.57. The van der Waals surface area contributed by atoms with Gasteiger partial charge in [-0.25, -0.2) is 0 Å². The Morgan fingerprint density at radius 3 is 2.74 bits per heavy atom. The Morgan fingerprint density at radius 1 is 1.37 bits per heavy atom. The first-order valence-electron chi connectivity index (χ1n) is 7.49. The summed E-state index contributed by atoms with van der Waals surface area (Å²) in [4.78, 5) is 4.23. The van der Waals surface area contributed by atoms with Gasteiger partial charge in [0.2, 0.25) is 0 Å². The fourth-order valence-corrected chi connectivity index (χ4v) is 3.58. The second-order valence-corrected chi connectivity index (χ2v) is 7.05. The maximum absolute atomic E-state index is 6.59. The lowest BCUT2D eigenvalue weighted by Crippen LogP contribution is -2.45. The van der Waals surface area contributed by atoms with Gasteiger partial charge in [0.25, 0.3) is 0 Å². The topological polar surface area (TPSA) is 38.9 Å². The maximum atomic E-state index is 6.59. The van der Waals surface area contributed by atoms with Gasteiger partial charge in [0, 0.05) is 22.4 Å². The molecule has 0 radical (unpaired) electrons. The zero-order valence-corrected chi connectivity index (χ0v) is 13.5. The molecular weight excluding hydrogens is 300 g/mol. The molecule has 1 saturated carbocycles. The van der Waals surface area contributed by atoms with E-state index in [1.165, 1.54) is 37.7 Å². The van der Waals surface area contributed by atoms with Gasteiger partial charge in [-0.15, -0.1) is 0 Å². The fourth-order valence-electron chi connectivity index (χ4n) is 3.17. The van der Waals surface area contributed by atoms with Crippen LogP contribution < -0.4 is 5.73 Å². The SMILES string of the molecule is CCCCC1CCC(N)(Cc2cncc(Br)c2)CC1. The molecule has 1 aromatic heterocycles. The highest BCUT2D eigenvalue weighted by Gasteiger charge is 2.31. The molecule has 0 bridgehead atoms. The van der Waals surface area contributed by atoms with Crippen molar-refractivity contribution in [2.75, 3.05) is 0 Å². The molecule has 2 nitrogen and oxygen atoms in total. The molecule has 1 fully saturated rings. The van der Waals surface area contributed by atoms with E-state index < -0.39 is 0 Å². The van der Waals surface area contributed by atoms with Gasteiger partial charge in [-0.3, -0.25) is 4.98 Å². The monoisotopic (exact) mass is 324 g/mol. The lowest BCUT2D eigenvalue weighted by atomic mass is 9.73. The summed E-state index contributed by atoms with van der Waals surface area (Å²) in [6.07, 6.45) is 13.7. The number of rotatable bonds is 5. The normalized spacial score (nSPS) is 27.4. The lowest BCUT2D eigenvalue weighted by Gasteiger charge is -2.37. The summed E-state index contributed by atoms with van der Waals surface area (Å²) in [7, 11) is 0. The number of unbranched alkanes of at least 4 members (excludes halogenated alkanes) is 1. The summed E-state index contributed by atoms with van der Waals surface area (Å²) in [6.45, 7) is 2.27. The van der Waals surface area contributed by atoms with Gasteiger partial charge in [0.1, 0.15) is 0 Å². The highest BCUT2D eigenvalue weighted by atomic mass is 79.9. The first-order valence-corrected chi connectivity index (χ1v) is 8.29. The number of aromatic nitrogens is 1. The van der Waals surface area contributed by atoms with Crippen molar-refractivity contribution in [2.24, 2.45) is 11.7 Å². The molecule has 2 rings (SSSR count). The molecule has 106 valence electrons. The second-order valence-electron chi connectivity index (χ2n) is 6.14. The maximum Gasteiger partial charge on any atom is 0.0410 e. The minimum absolute atomic E-state index is 0.00874. The molecule has 0 spiro atoms. The van der Waals surface area contributed by atoms with Gasteiger partial charge in [-0.1, -0.05) is 26.2 Å². The van der Waals surface area contributed by atoms with Crippen molar-refractivity contribution in [3.05, 3.63) is 28.5 Å². The molecular formula is C16H25BrN2. The molecule has 2 N–H and O–H groups in total. The van der Waals surface area contributed by atoms with Crippen LogP contribution in [0.4, 0.5) is 0 Å². The summed E-state index contributed by atoms with van der Waals surface area (Å²) in [5, 5.41) is 0. The predicted molar refractivity (Wildman–Crippen MR) is 84.0 cm³/mol. The molecule has 0 aliphatic heterocycles. The molecule has 0 saturated heterocycles.